The van der Waals surface area contributed by atoms with E-state index in [1.165, 1.54) is 0 Å². The number of hydrogen-bond acceptors (Lipinski definition) is 5. The van der Waals surface area contributed by atoms with Gasteiger partial charge in [-0.3, -0.25) is 10.0 Å². The minimum Gasteiger partial charge on any atom is -0.762 e. The molecule has 0 spiro atoms. The normalized spacial score (nSPS) is 30.3. The minimum atomic E-state index is -1.07. The Morgan fingerprint density at radius 2 is 2.42 bits per heavy atom. The summed E-state index contributed by atoms with van der Waals surface area (Å²) in [5.74, 6) is -1.14. The van der Waals surface area contributed by atoms with Gasteiger partial charge in [0.15, 0.2) is 0 Å². The predicted octanol–water partition coefficient (Wildman–Crippen LogP) is -0.634. The Labute approximate surface area is 69.1 Å². The standard InChI is InChI=1S/C6H11N2O4/c7-4(6(9)10)1-3-2-5(3)8(11)12/h3-5,11H,1-2,7H2,(H,9,10)/q-1. The van der Waals surface area contributed by atoms with E-state index >= 15 is 0 Å². The van der Waals surface area contributed by atoms with Crippen molar-refractivity contribution in [3.8, 4) is 0 Å². The van der Waals surface area contributed by atoms with Crippen molar-refractivity contribution in [3.63, 3.8) is 0 Å². The second kappa shape index (κ2) is 3.36. The van der Waals surface area contributed by atoms with Gasteiger partial charge in [-0.05, 0) is 18.8 Å². The Balaban J connectivity index is 2.23. The summed E-state index contributed by atoms with van der Waals surface area (Å²) in [6, 6.07) is -1.38. The number of rotatable bonds is 4. The summed E-state index contributed by atoms with van der Waals surface area (Å²) in [6.07, 6.45) is 0.778. The molecule has 4 N–H and O–H groups in total. The zero-order valence-corrected chi connectivity index (χ0v) is 6.38. The van der Waals surface area contributed by atoms with Crippen molar-refractivity contribution in [2.75, 3.05) is 0 Å². The van der Waals surface area contributed by atoms with Crippen molar-refractivity contribution >= 4 is 5.97 Å². The average molecular weight is 175 g/mol. The van der Waals surface area contributed by atoms with Gasteiger partial charge in [0, 0.05) is 6.04 Å². The Bertz CT molecular complexity index is 184. The van der Waals surface area contributed by atoms with Crippen molar-refractivity contribution in [3.05, 3.63) is 5.21 Å². The van der Waals surface area contributed by atoms with Crippen LogP contribution in [0.3, 0.4) is 0 Å². The Morgan fingerprint density at radius 1 is 1.83 bits per heavy atom. The van der Waals surface area contributed by atoms with E-state index < -0.39 is 18.1 Å². The fourth-order valence-corrected chi connectivity index (χ4v) is 1.18. The molecule has 0 amide bonds. The molecule has 0 heterocycles. The molecule has 1 fully saturated rings. The molecule has 3 unspecified atom stereocenters. The number of hydrogen-bond donors (Lipinski definition) is 3. The highest BCUT2D eigenvalue weighted by atomic mass is 16.8. The molecule has 70 valence electrons. The molecule has 0 aliphatic heterocycles. The van der Waals surface area contributed by atoms with Gasteiger partial charge in [0.05, 0.1) is 0 Å². The third-order valence-electron chi connectivity index (χ3n) is 2.04. The molecule has 0 bridgehead atoms. The summed E-state index contributed by atoms with van der Waals surface area (Å²) >= 11 is 0. The van der Waals surface area contributed by atoms with E-state index in [1.807, 2.05) is 0 Å². The molecule has 0 aromatic carbocycles. The Hall–Kier alpha value is -0.690. The molecule has 1 aliphatic carbocycles. The number of nitrogens with two attached hydrogens (primary N) is 1. The van der Waals surface area contributed by atoms with Gasteiger partial charge in [-0.25, -0.2) is 0 Å². The molecule has 12 heavy (non-hydrogen) atoms. The van der Waals surface area contributed by atoms with Crippen LogP contribution in [0, 0.1) is 11.1 Å². The van der Waals surface area contributed by atoms with Gasteiger partial charge in [-0.15, -0.1) is 0 Å². The molecule has 0 saturated heterocycles. The second-order valence-electron chi connectivity index (χ2n) is 3.05. The first-order chi connectivity index (χ1) is 5.52. The second-order valence-corrected chi connectivity index (χ2v) is 3.05. The van der Waals surface area contributed by atoms with E-state index in [1.54, 1.807) is 0 Å². The molecule has 0 aromatic rings. The van der Waals surface area contributed by atoms with Crippen molar-refractivity contribution < 1.29 is 15.1 Å². The third kappa shape index (κ3) is 2.15. The van der Waals surface area contributed by atoms with E-state index in [0.29, 0.717) is 6.42 Å². The maximum Gasteiger partial charge on any atom is 0.320 e. The lowest BCUT2D eigenvalue weighted by atomic mass is 10.1. The lowest BCUT2D eigenvalue weighted by Gasteiger charge is -2.19. The van der Waals surface area contributed by atoms with Crippen molar-refractivity contribution in [2.24, 2.45) is 11.7 Å². The van der Waals surface area contributed by atoms with Crippen LogP contribution in [0.25, 0.3) is 0 Å². The fourth-order valence-electron chi connectivity index (χ4n) is 1.18. The highest BCUT2D eigenvalue weighted by Gasteiger charge is 2.39. The summed E-state index contributed by atoms with van der Waals surface area (Å²) in [7, 11) is 0. The monoisotopic (exact) mass is 175 g/mol. The van der Waals surface area contributed by atoms with E-state index in [4.69, 9.17) is 16.0 Å². The molecule has 1 aliphatic rings. The molecule has 1 saturated carbocycles. The molecule has 0 radical (unpaired) electrons. The van der Waals surface area contributed by atoms with Crippen LogP contribution in [0.4, 0.5) is 0 Å². The molecule has 0 aromatic heterocycles. The van der Waals surface area contributed by atoms with Crippen LogP contribution in [0.2, 0.25) is 0 Å². The van der Waals surface area contributed by atoms with Crippen LogP contribution in [0.5, 0.6) is 0 Å². The lowest BCUT2D eigenvalue weighted by Crippen LogP contribution is -2.31. The van der Waals surface area contributed by atoms with Crippen molar-refractivity contribution in [1.29, 1.82) is 0 Å². The fraction of sp³-hybridized carbons (Fsp3) is 0.833. The first-order valence-corrected chi connectivity index (χ1v) is 3.66. The van der Waals surface area contributed by atoms with Crippen LogP contribution in [-0.4, -0.2) is 33.6 Å². The van der Waals surface area contributed by atoms with Crippen molar-refractivity contribution in [1.82, 2.24) is 5.23 Å². The maximum absolute atomic E-state index is 10.3. The number of aliphatic carboxylic acids is 1. The summed E-state index contributed by atoms with van der Waals surface area (Å²) in [6.45, 7) is 0. The van der Waals surface area contributed by atoms with Crippen LogP contribution >= 0.6 is 0 Å². The van der Waals surface area contributed by atoms with Gasteiger partial charge in [0.25, 0.3) is 0 Å². The van der Waals surface area contributed by atoms with E-state index in [-0.39, 0.29) is 17.6 Å². The van der Waals surface area contributed by atoms with Crippen molar-refractivity contribution in [2.45, 2.75) is 24.9 Å². The van der Waals surface area contributed by atoms with Gasteiger partial charge in [-0.2, -0.15) is 0 Å². The smallest absolute Gasteiger partial charge is 0.320 e. The van der Waals surface area contributed by atoms with Gasteiger partial charge < -0.3 is 21.3 Å². The quantitative estimate of drug-likeness (QED) is 0.490. The highest BCUT2D eigenvalue weighted by molar-refractivity contribution is 5.73. The van der Waals surface area contributed by atoms with Gasteiger partial charge in [-0.1, -0.05) is 0 Å². The van der Waals surface area contributed by atoms with E-state index in [0.717, 1.165) is 0 Å². The molecule has 3 atom stereocenters. The average Bonchev–Trinajstić information content (AvgIpc) is 2.67. The van der Waals surface area contributed by atoms with Gasteiger partial charge in [0.2, 0.25) is 0 Å². The van der Waals surface area contributed by atoms with E-state index in [2.05, 4.69) is 0 Å². The van der Waals surface area contributed by atoms with Gasteiger partial charge in [0.1, 0.15) is 6.04 Å². The highest BCUT2D eigenvalue weighted by Crippen LogP contribution is 2.37. The molecule has 6 heteroatoms. The summed E-state index contributed by atoms with van der Waals surface area (Å²) in [4.78, 5) is 10.3. The molecular formula is C6H11N2O4-. The topological polar surface area (TPSA) is 110 Å². The predicted molar refractivity (Wildman–Crippen MR) is 39.1 cm³/mol. The van der Waals surface area contributed by atoms with Crippen LogP contribution < -0.4 is 5.73 Å². The minimum absolute atomic E-state index is 0.0707. The number of hydroxylamine groups is 2. The Kier molecular flexibility index (Phi) is 2.63. The van der Waals surface area contributed by atoms with Crippen LogP contribution in [0.1, 0.15) is 12.8 Å². The molecule has 6 nitrogen and oxygen atoms in total. The first kappa shape index (κ1) is 9.40. The van der Waals surface area contributed by atoms with Crippen LogP contribution in [-0.2, 0) is 4.79 Å². The zero-order chi connectivity index (χ0) is 9.30. The first-order valence-electron chi connectivity index (χ1n) is 3.66. The third-order valence-corrected chi connectivity index (χ3v) is 2.04. The van der Waals surface area contributed by atoms with Crippen LogP contribution in [0.15, 0.2) is 0 Å². The Morgan fingerprint density at radius 3 is 2.75 bits per heavy atom. The lowest BCUT2D eigenvalue weighted by molar-refractivity contribution is -0.138. The SMILES string of the molecule is NC(CC1CC1N([O-])O)C(=O)O. The number of carboxylic acids is 1. The van der Waals surface area contributed by atoms with E-state index in [9.17, 15) is 10.0 Å². The summed E-state index contributed by atoms with van der Waals surface area (Å²) in [5, 5.41) is 26.9. The summed E-state index contributed by atoms with van der Waals surface area (Å²) in [5.41, 5.74) is 5.22. The number of nitrogens with zero attached hydrogens (tertiary/aromatic N) is 1. The maximum atomic E-state index is 10.3. The molecule has 1 rings (SSSR count). The largest absolute Gasteiger partial charge is 0.762 e. The van der Waals surface area contributed by atoms with Gasteiger partial charge >= 0.3 is 5.97 Å². The number of carboxylic acid groups (broad SMARTS) is 1. The molecular weight excluding hydrogens is 164 g/mol. The zero-order valence-electron chi connectivity index (χ0n) is 6.38. The summed E-state index contributed by atoms with van der Waals surface area (Å²) < 4.78 is 0. The number of carbonyl (C=O) groups is 1.